The minimum absolute atomic E-state index is 0.0358. The highest BCUT2D eigenvalue weighted by Crippen LogP contribution is 2.28. The van der Waals surface area contributed by atoms with Gasteiger partial charge >= 0.3 is 5.97 Å². The number of carboxylic acid groups (broad SMARTS) is 1. The Kier molecular flexibility index (Phi) is 4.42. The number of carbonyl (C=O) groups is 1. The van der Waals surface area contributed by atoms with Gasteiger partial charge in [-0.1, -0.05) is 6.92 Å². The van der Waals surface area contributed by atoms with Crippen molar-refractivity contribution >= 4 is 15.8 Å². The van der Waals surface area contributed by atoms with E-state index in [4.69, 9.17) is 0 Å². The van der Waals surface area contributed by atoms with Gasteiger partial charge in [-0.05, 0) is 18.8 Å². The molecule has 0 saturated carbocycles. The fourth-order valence-corrected chi connectivity index (χ4v) is 4.52. The zero-order chi connectivity index (χ0) is 14.8. The second kappa shape index (κ2) is 5.90. The summed E-state index contributed by atoms with van der Waals surface area (Å²) in [6.45, 7) is 2.69. The second-order valence-electron chi connectivity index (χ2n) is 5.21. The van der Waals surface area contributed by atoms with Crippen molar-refractivity contribution in [1.29, 1.82) is 0 Å². The molecule has 1 aliphatic rings. The van der Waals surface area contributed by atoms with Crippen LogP contribution in [0.1, 0.15) is 25.6 Å². The number of carboxylic acids is 1. The molecule has 2 unspecified atom stereocenters. The molecular weight excluding hydrogens is 282 g/mol. The molecule has 2 atom stereocenters. The van der Waals surface area contributed by atoms with Gasteiger partial charge < -0.3 is 5.11 Å². The number of aliphatic carboxylic acids is 1. The molecule has 1 aromatic rings. The lowest BCUT2D eigenvalue weighted by atomic mass is 9.89. The Bertz CT molecular complexity index is 581. The van der Waals surface area contributed by atoms with Crippen LogP contribution in [0.5, 0.6) is 0 Å². The Hall–Kier alpha value is -1.44. The molecule has 1 fully saturated rings. The van der Waals surface area contributed by atoms with E-state index < -0.39 is 21.7 Å². The fraction of sp³-hybridized carbons (Fsp3) is 0.750. The predicted molar refractivity (Wildman–Crippen MR) is 71.9 cm³/mol. The van der Waals surface area contributed by atoms with Gasteiger partial charge in [0.05, 0.1) is 17.4 Å². The van der Waals surface area contributed by atoms with E-state index >= 15 is 0 Å². The predicted octanol–water partition coefficient (Wildman–Crippen LogP) is 0.366. The lowest BCUT2D eigenvalue weighted by Crippen LogP contribution is -2.28. The van der Waals surface area contributed by atoms with Gasteiger partial charge in [-0.15, -0.1) is 0 Å². The average Bonchev–Trinajstić information content (AvgIpc) is 2.93. The third kappa shape index (κ3) is 3.36. The van der Waals surface area contributed by atoms with Crippen molar-refractivity contribution in [3.05, 3.63) is 12.2 Å². The van der Waals surface area contributed by atoms with Gasteiger partial charge in [0.1, 0.15) is 12.2 Å². The normalized spacial score (nSPS) is 22.8. The standard InChI is InChI=1S/C12H19N3O4S/c1-2-4-15-11(13-8-14-15)6-10(12(16)17)9-3-5-20(18,19)7-9/h8-10H,2-7H2,1H3,(H,16,17). The van der Waals surface area contributed by atoms with Crippen LogP contribution in [0, 0.1) is 11.8 Å². The molecule has 0 bridgehead atoms. The highest BCUT2D eigenvalue weighted by Gasteiger charge is 2.38. The first-order chi connectivity index (χ1) is 9.43. The van der Waals surface area contributed by atoms with E-state index in [1.165, 1.54) is 6.33 Å². The summed E-state index contributed by atoms with van der Waals surface area (Å²) in [6, 6.07) is 0. The van der Waals surface area contributed by atoms with Crippen molar-refractivity contribution in [2.24, 2.45) is 11.8 Å². The number of rotatable bonds is 6. The van der Waals surface area contributed by atoms with Crippen LogP contribution in [0.2, 0.25) is 0 Å². The van der Waals surface area contributed by atoms with Crippen LogP contribution in [-0.4, -0.2) is 45.8 Å². The molecule has 8 heteroatoms. The molecule has 2 rings (SSSR count). The molecule has 1 saturated heterocycles. The molecule has 0 aliphatic carbocycles. The minimum atomic E-state index is -3.08. The van der Waals surface area contributed by atoms with Crippen molar-refractivity contribution in [2.75, 3.05) is 11.5 Å². The van der Waals surface area contributed by atoms with E-state index in [0.29, 0.717) is 18.8 Å². The monoisotopic (exact) mass is 301 g/mol. The maximum absolute atomic E-state index is 11.5. The van der Waals surface area contributed by atoms with E-state index in [0.717, 1.165) is 6.42 Å². The Morgan fingerprint density at radius 1 is 1.60 bits per heavy atom. The molecule has 1 aliphatic heterocycles. The summed E-state index contributed by atoms with van der Waals surface area (Å²) in [5.74, 6) is -1.34. The maximum atomic E-state index is 11.5. The average molecular weight is 301 g/mol. The van der Waals surface area contributed by atoms with Crippen molar-refractivity contribution in [1.82, 2.24) is 14.8 Å². The second-order valence-corrected chi connectivity index (χ2v) is 7.44. The number of sulfone groups is 1. The fourth-order valence-electron chi connectivity index (χ4n) is 2.64. The molecule has 1 aromatic heterocycles. The third-order valence-corrected chi connectivity index (χ3v) is 5.48. The first kappa shape index (κ1) is 15.0. The Balaban J connectivity index is 2.14. The SMILES string of the molecule is CCCn1ncnc1CC(C(=O)O)C1CCS(=O)(=O)C1. The number of hydrogen-bond acceptors (Lipinski definition) is 5. The van der Waals surface area contributed by atoms with Crippen LogP contribution < -0.4 is 0 Å². The Morgan fingerprint density at radius 2 is 2.35 bits per heavy atom. The zero-order valence-electron chi connectivity index (χ0n) is 11.4. The van der Waals surface area contributed by atoms with Gasteiger partial charge in [0.15, 0.2) is 9.84 Å². The maximum Gasteiger partial charge on any atom is 0.307 e. The molecule has 0 aromatic carbocycles. The summed E-state index contributed by atoms with van der Waals surface area (Å²) in [7, 11) is -3.08. The van der Waals surface area contributed by atoms with Crippen molar-refractivity contribution in [3.8, 4) is 0 Å². The topological polar surface area (TPSA) is 102 Å². The van der Waals surface area contributed by atoms with Gasteiger partial charge in [0.25, 0.3) is 0 Å². The van der Waals surface area contributed by atoms with Crippen molar-refractivity contribution in [3.63, 3.8) is 0 Å². The summed E-state index contributed by atoms with van der Waals surface area (Å²) in [5, 5.41) is 13.4. The molecule has 0 amide bonds. The first-order valence-corrected chi connectivity index (χ1v) is 8.55. The van der Waals surface area contributed by atoms with E-state index in [9.17, 15) is 18.3 Å². The third-order valence-electron chi connectivity index (χ3n) is 3.69. The highest BCUT2D eigenvalue weighted by atomic mass is 32.2. The lowest BCUT2D eigenvalue weighted by molar-refractivity contribution is -0.143. The Morgan fingerprint density at radius 3 is 2.90 bits per heavy atom. The molecule has 2 heterocycles. The highest BCUT2D eigenvalue weighted by molar-refractivity contribution is 7.91. The zero-order valence-corrected chi connectivity index (χ0v) is 12.2. The summed E-state index contributed by atoms with van der Waals surface area (Å²) < 4.78 is 24.7. The number of aromatic nitrogens is 3. The smallest absolute Gasteiger partial charge is 0.307 e. The van der Waals surface area contributed by atoms with Crippen LogP contribution in [0.15, 0.2) is 6.33 Å². The lowest BCUT2D eigenvalue weighted by Gasteiger charge is -2.17. The quantitative estimate of drug-likeness (QED) is 0.814. The largest absolute Gasteiger partial charge is 0.481 e. The van der Waals surface area contributed by atoms with Gasteiger partial charge in [0.2, 0.25) is 0 Å². The van der Waals surface area contributed by atoms with Gasteiger partial charge in [-0.3, -0.25) is 9.48 Å². The molecule has 1 N–H and O–H groups in total. The number of hydrogen-bond donors (Lipinski definition) is 1. The van der Waals surface area contributed by atoms with Gasteiger partial charge in [-0.25, -0.2) is 13.4 Å². The van der Waals surface area contributed by atoms with E-state index in [-0.39, 0.29) is 23.8 Å². The van der Waals surface area contributed by atoms with Gasteiger partial charge in [-0.2, -0.15) is 5.10 Å². The van der Waals surface area contributed by atoms with E-state index in [1.54, 1.807) is 4.68 Å². The van der Waals surface area contributed by atoms with Crippen molar-refractivity contribution in [2.45, 2.75) is 32.7 Å². The molecular formula is C12H19N3O4S. The van der Waals surface area contributed by atoms with Crippen LogP contribution in [0.4, 0.5) is 0 Å². The molecule has 0 radical (unpaired) electrons. The Labute approximate surface area is 117 Å². The summed E-state index contributed by atoms with van der Waals surface area (Å²) in [4.78, 5) is 15.5. The number of nitrogens with zero attached hydrogens (tertiary/aromatic N) is 3. The molecule has 20 heavy (non-hydrogen) atoms. The summed E-state index contributed by atoms with van der Waals surface area (Å²) in [6.07, 6.45) is 2.94. The van der Waals surface area contributed by atoms with Crippen molar-refractivity contribution < 1.29 is 18.3 Å². The first-order valence-electron chi connectivity index (χ1n) is 6.73. The van der Waals surface area contributed by atoms with Crippen LogP contribution in [0.25, 0.3) is 0 Å². The minimum Gasteiger partial charge on any atom is -0.481 e. The molecule has 7 nitrogen and oxygen atoms in total. The number of aryl methyl sites for hydroxylation is 1. The molecule has 112 valence electrons. The van der Waals surface area contributed by atoms with Crippen LogP contribution >= 0.6 is 0 Å². The van der Waals surface area contributed by atoms with Crippen LogP contribution in [-0.2, 0) is 27.6 Å². The van der Waals surface area contributed by atoms with Crippen LogP contribution in [0.3, 0.4) is 0 Å². The molecule has 0 spiro atoms. The van der Waals surface area contributed by atoms with E-state index in [2.05, 4.69) is 10.1 Å². The summed E-state index contributed by atoms with van der Waals surface area (Å²) in [5.41, 5.74) is 0. The van der Waals surface area contributed by atoms with Gasteiger partial charge in [0, 0.05) is 13.0 Å². The summed E-state index contributed by atoms with van der Waals surface area (Å²) >= 11 is 0. The van der Waals surface area contributed by atoms with E-state index in [1.807, 2.05) is 6.92 Å².